The van der Waals surface area contributed by atoms with E-state index in [1.54, 1.807) is 24.4 Å². The fourth-order valence-corrected chi connectivity index (χ4v) is 2.45. The lowest BCUT2D eigenvalue weighted by molar-refractivity contribution is -0.0458. The van der Waals surface area contributed by atoms with Crippen molar-refractivity contribution in [2.45, 2.75) is 24.9 Å². The average molecular weight is 305 g/mol. The second-order valence-corrected chi connectivity index (χ2v) is 5.04. The Morgan fingerprint density at radius 2 is 2.23 bits per heavy atom. The van der Waals surface area contributed by atoms with Crippen LogP contribution in [-0.4, -0.2) is 43.6 Å². The highest BCUT2D eigenvalue weighted by Crippen LogP contribution is 2.27. The maximum atomic E-state index is 12.0. The van der Waals surface area contributed by atoms with Gasteiger partial charge in [-0.25, -0.2) is 4.79 Å². The van der Waals surface area contributed by atoms with Crippen molar-refractivity contribution in [3.05, 3.63) is 51.4 Å². The van der Waals surface area contributed by atoms with E-state index in [-0.39, 0.29) is 18.6 Å². The molecule has 8 nitrogen and oxygen atoms in total. The second kappa shape index (κ2) is 5.84. The molecule has 0 bridgehead atoms. The fraction of sp³-hybridized carbons (Fsp3) is 0.357. The summed E-state index contributed by atoms with van der Waals surface area (Å²) in [5, 5.41) is 18.9. The van der Waals surface area contributed by atoms with Crippen LogP contribution in [0.5, 0.6) is 0 Å². The summed E-state index contributed by atoms with van der Waals surface area (Å²) in [4.78, 5) is 30.2. The number of hydrogen-bond donors (Lipinski definition) is 3. The van der Waals surface area contributed by atoms with Crippen LogP contribution in [0, 0.1) is 0 Å². The molecule has 2 aromatic heterocycles. The van der Waals surface area contributed by atoms with Crippen molar-refractivity contribution in [3.8, 4) is 11.3 Å². The SMILES string of the molecule is O=c1[nH]c(=O)n([C@@H]2CC(O)[C@H](CO)O2)cc1-c1ccccn1. The van der Waals surface area contributed by atoms with E-state index >= 15 is 0 Å². The zero-order chi connectivity index (χ0) is 15.7. The summed E-state index contributed by atoms with van der Waals surface area (Å²) >= 11 is 0. The number of rotatable bonds is 3. The first-order valence-corrected chi connectivity index (χ1v) is 6.81. The van der Waals surface area contributed by atoms with Crippen LogP contribution in [0.2, 0.25) is 0 Å². The molecule has 0 aliphatic carbocycles. The first kappa shape index (κ1) is 14.6. The Kier molecular flexibility index (Phi) is 3.88. The van der Waals surface area contributed by atoms with Gasteiger partial charge in [0, 0.05) is 18.8 Å². The van der Waals surface area contributed by atoms with E-state index in [1.807, 2.05) is 0 Å². The molecule has 3 atom stereocenters. The number of ether oxygens (including phenoxy) is 1. The summed E-state index contributed by atoms with van der Waals surface area (Å²) in [5.41, 5.74) is -0.529. The van der Waals surface area contributed by atoms with Gasteiger partial charge in [-0.2, -0.15) is 0 Å². The highest BCUT2D eigenvalue weighted by Gasteiger charge is 2.35. The van der Waals surface area contributed by atoms with Gasteiger partial charge in [-0.3, -0.25) is 19.3 Å². The van der Waals surface area contributed by atoms with E-state index < -0.39 is 29.7 Å². The summed E-state index contributed by atoms with van der Waals surface area (Å²) < 4.78 is 6.64. The maximum absolute atomic E-state index is 12.0. The van der Waals surface area contributed by atoms with E-state index in [0.717, 1.165) is 0 Å². The monoisotopic (exact) mass is 305 g/mol. The predicted octanol–water partition coefficient (Wildman–Crippen LogP) is -0.761. The lowest BCUT2D eigenvalue weighted by Crippen LogP contribution is -2.33. The quantitative estimate of drug-likeness (QED) is 0.686. The van der Waals surface area contributed by atoms with Crippen molar-refractivity contribution >= 4 is 0 Å². The van der Waals surface area contributed by atoms with E-state index in [1.165, 1.54) is 10.8 Å². The maximum Gasteiger partial charge on any atom is 0.330 e. The van der Waals surface area contributed by atoms with Crippen molar-refractivity contribution < 1.29 is 14.9 Å². The third kappa shape index (κ3) is 2.59. The number of nitrogens with zero attached hydrogens (tertiary/aromatic N) is 2. The standard InChI is InChI=1S/C14H15N3O5/c18-7-11-10(19)5-12(22-11)17-6-8(13(20)16-14(17)21)9-3-1-2-4-15-9/h1-4,6,10-12,18-19H,5,7H2,(H,16,20,21)/t10?,11-,12-/m0/s1. The van der Waals surface area contributed by atoms with Crippen molar-refractivity contribution in [1.82, 2.24) is 14.5 Å². The highest BCUT2D eigenvalue weighted by molar-refractivity contribution is 5.55. The molecule has 3 N–H and O–H groups in total. The lowest BCUT2D eigenvalue weighted by atomic mass is 10.2. The van der Waals surface area contributed by atoms with Gasteiger partial charge in [0.1, 0.15) is 12.3 Å². The summed E-state index contributed by atoms with van der Waals surface area (Å²) in [7, 11) is 0. The third-order valence-corrected chi connectivity index (χ3v) is 3.60. The van der Waals surface area contributed by atoms with Crippen molar-refractivity contribution in [3.63, 3.8) is 0 Å². The molecule has 0 aromatic carbocycles. The van der Waals surface area contributed by atoms with Crippen LogP contribution in [0.1, 0.15) is 12.6 Å². The summed E-state index contributed by atoms with van der Waals surface area (Å²) in [5.74, 6) is 0. The molecule has 0 radical (unpaired) electrons. The number of nitrogens with one attached hydrogen (secondary N) is 1. The number of aliphatic hydroxyl groups is 2. The molecule has 3 rings (SSSR count). The topological polar surface area (TPSA) is 117 Å². The van der Waals surface area contributed by atoms with Gasteiger partial charge in [0.25, 0.3) is 5.56 Å². The van der Waals surface area contributed by atoms with Gasteiger partial charge >= 0.3 is 5.69 Å². The van der Waals surface area contributed by atoms with Gasteiger partial charge in [-0.15, -0.1) is 0 Å². The first-order valence-electron chi connectivity index (χ1n) is 6.81. The molecule has 0 amide bonds. The normalized spacial score (nSPS) is 24.5. The summed E-state index contributed by atoms with van der Waals surface area (Å²) in [6.07, 6.45) is 0.689. The van der Waals surface area contributed by atoms with Gasteiger partial charge in [-0.05, 0) is 12.1 Å². The number of H-pyrrole nitrogens is 1. The van der Waals surface area contributed by atoms with Crippen LogP contribution in [0.15, 0.2) is 40.2 Å². The van der Waals surface area contributed by atoms with Gasteiger partial charge in [0.2, 0.25) is 0 Å². The smallest absolute Gasteiger partial charge is 0.330 e. The molecule has 0 spiro atoms. The number of aromatic nitrogens is 3. The Bertz CT molecular complexity index is 770. The molecule has 1 fully saturated rings. The number of aliphatic hydroxyl groups excluding tert-OH is 2. The minimum absolute atomic E-state index is 0.152. The molecule has 0 saturated carbocycles. The summed E-state index contributed by atoms with van der Waals surface area (Å²) in [6.45, 7) is -0.344. The number of aromatic amines is 1. The Labute approximate surface area is 124 Å². The van der Waals surface area contributed by atoms with Crippen LogP contribution >= 0.6 is 0 Å². The molecule has 116 valence electrons. The van der Waals surface area contributed by atoms with Crippen LogP contribution in [0.4, 0.5) is 0 Å². The van der Waals surface area contributed by atoms with Crippen molar-refractivity contribution in [2.75, 3.05) is 6.61 Å². The molecular formula is C14H15N3O5. The van der Waals surface area contributed by atoms with Gasteiger partial charge < -0.3 is 14.9 Å². The van der Waals surface area contributed by atoms with Gasteiger partial charge in [0.15, 0.2) is 0 Å². The highest BCUT2D eigenvalue weighted by atomic mass is 16.5. The Morgan fingerprint density at radius 1 is 1.41 bits per heavy atom. The third-order valence-electron chi connectivity index (χ3n) is 3.60. The molecule has 1 unspecified atom stereocenters. The minimum Gasteiger partial charge on any atom is -0.394 e. The van der Waals surface area contributed by atoms with Crippen LogP contribution in [-0.2, 0) is 4.74 Å². The molecular weight excluding hydrogens is 290 g/mol. The zero-order valence-corrected chi connectivity index (χ0v) is 11.5. The first-order chi connectivity index (χ1) is 10.6. The van der Waals surface area contributed by atoms with E-state index in [2.05, 4.69) is 9.97 Å². The van der Waals surface area contributed by atoms with Crippen molar-refractivity contribution in [1.29, 1.82) is 0 Å². The zero-order valence-electron chi connectivity index (χ0n) is 11.5. The van der Waals surface area contributed by atoms with E-state index in [9.17, 15) is 14.7 Å². The van der Waals surface area contributed by atoms with E-state index in [4.69, 9.17) is 9.84 Å². The largest absolute Gasteiger partial charge is 0.394 e. The number of hydrogen-bond acceptors (Lipinski definition) is 6. The number of pyridine rings is 1. The Hall–Kier alpha value is -2.29. The van der Waals surface area contributed by atoms with Gasteiger partial charge in [-0.1, -0.05) is 6.07 Å². The van der Waals surface area contributed by atoms with Gasteiger partial charge in [0.05, 0.1) is 24.0 Å². The molecule has 3 heterocycles. The minimum atomic E-state index is -0.868. The lowest BCUT2D eigenvalue weighted by Gasteiger charge is -2.15. The fourth-order valence-electron chi connectivity index (χ4n) is 2.45. The molecule has 1 saturated heterocycles. The Morgan fingerprint density at radius 3 is 2.86 bits per heavy atom. The molecule has 8 heteroatoms. The Balaban J connectivity index is 2.03. The van der Waals surface area contributed by atoms with E-state index in [0.29, 0.717) is 5.69 Å². The average Bonchev–Trinajstić information content (AvgIpc) is 2.89. The molecule has 1 aliphatic rings. The van der Waals surface area contributed by atoms with Crippen LogP contribution in [0.25, 0.3) is 11.3 Å². The van der Waals surface area contributed by atoms with Crippen molar-refractivity contribution in [2.24, 2.45) is 0 Å². The molecule has 1 aliphatic heterocycles. The predicted molar refractivity (Wildman–Crippen MR) is 76.2 cm³/mol. The van der Waals surface area contributed by atoms with Crippen LogP contribution < -0.4 is 11.2 Å². The second-order valence-electron chi connectivity index (χ2n) is 5.04. The molecule has 22 heavy (non-hydrogen) atoms. The summed E-state index contributed by atoms with van der Waals surface area (Å²) in [6, 6.07) is 5.10. The molecule has 2 aromatic rings. The van der Waals surface area contributed by atoms with Crippen LogP contribution in [0.3, 0.4) is 0 Å².